The zero-order valence-corrected chi connectivity index (χ0v) is 12.7. The monoisotopic (exact) mass is 322 g/mol. The third-order valence-corrected chi connectivity index (χ3v) is 4.30. The van der Waals surface area contributed by atoms with E-state index in [1.807, 2.05) is 19.9 Å². The van der Waals surface area contributed by atoms with E-state index < -0.39 is 0 Å². The molecular formula is C15H16BrFN2. The van der Waals surface area contributed by atoms with Crippen LogP contribution < -0.4 is 5.32 Å². The average molecular weight is 323 g/mol. The van der Waals surface area contributed by atoms with Gasteiger partial charge in [-0.3, -0.25) is 4.98 Å². The maximum absolute atomic E-state index is 14.5. The average Bonchev–Trinajstić information content (AvgIpc) is 2.84. The van der Waals surface area contributed by atoms with Gasteiger partial charge in [0.15, 0.2) is 0 Å². The molecule has 0 atom stereocenters. The van der Waals surface area contributed by atoms with E-state index in [9.17, 15) is 4.39 Å². The lowest BCUT2D eigenvalue weighted by Crippen LogP contribution is -2.05. The maximum atomic E-state index is 14.5. The quantitative estimate of drug-likeness (QED) is 0.888. The van der Waals surface area contributed by atoms with Crippen LogP contribution >= 0.6 is 15.9 Å². The number of aryl methyl sites for hydroxylation is 2. The van der Waals surface area contributed by atoms with Gasteiger partial charge in [-0.25, -0.2) is 4.39 Å². The van der Waals surface area contributed by atoms with Crippen LogP contribution in [-0.4, -0.2) is 11.5 Å². The molecule has 1 aromatic heterocycles. The first-order valence-corrected chi connectivity index (χ1v) is 7.46. The zero-order chi connectivity index (χ0) is 13.6. The first-order chi connectivity index (χ1) is 9.13. The largest absolute Gasteiger partial charge is 0.384 e. The molecule has 1 aliphatic carbocycles. The second-order valence-corrected chi connectivity index (χ2v) is 5.86. The molecule has 19 heavy (non-hydrogen) atoms. The second-order valence-electron chi connectivity index (χ2n) is 5.01. The van der Waals surface area contributed by atoms with Gasteiger partial charge in [-0.2, -0.15) is 0 Å². The number of fused-ring (bicyclic) bond motifs is 2. The third kappa shape index (κ3) is 1.93. The molecule has 0 amide bonds. The summed E-state index contributed by atoms with van der Waals surface area (Å²) in [4.78, 5) is 4.70. The minimum absolute atomic E-state index is 0.209. The van der Waals surface area contributed by atoms with Gasteiger partial charge in [-0.15, -0.1) is 0 Å². The Labute approximate surface area is 120 Å². The van der Waals surface area contributed by atoms with E-state index in [0.29, 0.717) is 9.86 Å². The molecule has 0 aliphatic heterocycles. The number of nitrogens with one attached hydrogen (secondary N) is 1. The lowest BCUT2D eigenvalue weighted by atomic mass is 10.0. The van der Waals surface area contributed by atoms with Gasteiger partial charge in [0.1, 0.15) is 5.82 Å². The highest BCUT2D eigenvalue weighted by molar-refractivity contribution is 9.10. The summed E-state index contributed by atoms with van der Waals surface area (Å²) < 4.78 is 15.0. The van der Waals surface area contributed by atoms with E-state index in [4.69, 9.17) is 4.98 Å². The Morgan fingerprint density at radius 2 is 2.21 bits per heavy atom. The summed E-state index contributed by atoms with van der Waals surface area (Å²) in [6, 6.07) is 1.81. The van der Waals surface area contributed by atoms with Gasteiger partial charge in [0.05, 0.1) is 21.1 Å². The Balaban J connectivity index is 2.45. The standard InChI is InChI=1S/C15H16BrFN2/c1-3-18-15-9-5-4-6-11(9)19-14-8(2)7-10(16)13(17)12(14)15/h7H,3-6H2,1-2H3,(H,18,19). The van der Waals surface area contributed by atoms with Crippen LogP contribution in [0.4, 0.5) is 10.1 Å². The van der Waals surface area contributed by atoms with Gasteiger partial charge in [-0.05, 0) is 66.2 Å². The summed E-state index contributed by atoms with van der Waals surface area (Å²) in [7, 11) is 0. The van der Waals surface area contributed by atoms with E-state index >= 15 is 0 Å². The molecule has 2 aromatic rings. The van der Waals surface area contributed by atoms with E-state index in [0.717, 1.165) is 48.3 Å². The lowest BCUT2D eigenvalue weighted by Gasteiger charge is -2.16. The highest BCUT2D eigenvalue weighted by Crippen LogP contribution is 2.38. The predicted octanol–water partition coefficient (Wildman–Crippen LogP) is 4.37. The van der Waals surface area contributed by atoms with Crippen LogP contribution in [0.1, 0.15) is 30.2 Å². The first kappa shape index (κ1) is 12.9. The molecule has 4 heteroatoms. The van der Waals surface area contributed by atoms with Crippen molar-refractivity contribution < 1.29 is 4.39 Å². The van der Waals surface area contributed by atoms with Crippen molar-refractivity contribution in [2.75, 3.05) is 11.9 Å². The Kier molecular flexibility index (Phi) is 3.21. The van der Waals surface area contributed by atoms with Crippen molar-refractivity contribution in [1.82, 2.24) is 4.98 Å². The van der Waals surface area contributed by atoms with Crippen LogP contribution in [0.3, 0.4) is 0 Å². The van der Waals surface area contributed by atoms with Crippen LogP contribution in [0.5, 0.6) is 0 Å². The highest BCUT2D eigenvalue weighted by Gasteiger charge is 2.23. The van der Waals surface area contributed by atoms with Gasteiger partial charge >= 0.3 is 0 Å². The summed E-state index contributed by atoms with van der Waals surface area (Å²) in [5.41, 5.74) is 5.08. The number of rotatable bonds is 2. The van der Waals surface area contributed by atoms with Crippen LogP contribution in [0.25, 0.3) is 10.9 Å². The van der Waals surface area contributed by atoms with Crippen molar-refractivity contribution in [3.05, 3.63) is 33.2 Å². The Bertz CT molecular complexity index is 667. The molecule has 100 valence electrons. The number of anilines is 1. The van der Waals surface area contributed by atoms with Crippen molar-refractivity contribution >= 4 is 32.5 Å². The second kappa shape index (κ2) is 4.75. The van der Waals surface area contributed by atoms with E-state index in [1.165, 1.54) is 5.56 Å². The van der Waals surface area contributed by atoms with Crippen molar-refractivity contribution in [1.29, 1.82) is 0 Å². The van der Waals surface area contributed by atoms with E-state index in [2.05, 4.69) is 21.2 Å². The predicted molar refractivity (Wildman–Crippen MR) is 80.3 cm³/mol. The van der Waals surface area contributed by atoms with Crippen LogP contribution in [0.15, 0.2) is 10.5 Å². The van der Waals surface area contributed by atoms with Gasteiger partial charge < -0.3 is 5.32 Å². The molecule has 1 aromatic carbocycles. The number of pyridine rings is 1. The van der Waals surface area contributed by atoms with Crippen molar-refractivity contribution in [2.45, 2.75) is 33.1 Å². The Hall–Kier alpha value is -1.16. The fraction of sp³-hybridized carbons (Fsp3) is 0.400. The van der Waals surface area contributed by atoms with Crippen LogP contribution in [0, 0.1) is 12.7 Å². The summed E-state index contributed by atoms with van der Waals surface area (Å²) in [6.07, 6.45) is 3.10. The minimum Gasteiger partial charge on any atom is -0.384 e. The van der Waals surface area contributed by atoms with E-state index in [1.54, 1.807) is 0 Å². The smallest absolute Gasteiger partial charge is 0.148 e. The Morgan fingerprint density at radius 1 is 1.42 bits per heavy atom. The summed E-state index contributed by atoms with van der Waals surface area (Å²) >= 11 is 3.30. The molecule has 0 radical (unpaired) electrons. The summed E-state index contributed by atoms with van der Waals surface area (Å²) in [5.74, 6) is -0.209. The number of hydrogen-bond acceptors (Lipinski definition) is 2. The number of aromatic nitrogens is 1. The van der Waals surface area contributed by atoms with Gasteiger partial charge in [0, 0.05) is 12.2 Å². The number of halogens is 2. The molecule has 1 heterocycles. The molecule has 0 spiro atoms. The van der Waals surface area contributed by atoms with Gasteiger partial charge in [0.2, 0.25) is 0 Å². The van der Waals surface area contributed by atoms with Crippen LogP contribution in [-0.2, 0) is 12.8 Å². The maximum Gasteiger partial charge on any atom is 0.148 e. The molecule has 0 fully saturated rings. The third-order valence-electron chi connectivity index (χ3n) is 3.72. The molecule has 2 nitrogen and oxygen atoms in total. The minimum atomic E-state index is -0.209. The van der Waals surface area contributed by atoms with Gasteiger partial charge in [0.25, 0.3) is 0 Å². The van der Waals surface area contributed by atoms with Gasteiger partial charge in [-0.1, -0.05) is 0 Å². The molecule has 3 rings (SSSR count). The lowest BCUT2D eigenvalue weighted by molar-refractivity contribution is 0.632. The zero-order valence-electron chi connectivity index (χ0n) is 11.1. The molecule has 1 N–H and O–H groups in total. The first-order valence-electron chi connectivity index (χ1n) is 6.67. The number of nitrogens with zero attached hydrogens (tertiary/aromatic N) is 1. The summed E-state index contributed by atoms with van der Waals surface area (Å²) in [5, 5.41) is 3.98. The Morgan fingerprint density at radius 3 is 2.95 bits per heavy atom. The molecule has 0 saturated carbocycles. The highest BCUT2D eigenvalue weighted by atomic mass is 79.9. The van der Waals surface area contributed by atoms with Crippen LogP contribution in [0.2, 0.25) is 0 Å². The van der Waals surface area contributed by atoms with Crippen molar-refractivity contribution in [3.8, 4) is 0 Å². The SMILES string of the molecule is CCNc1c2c(nc3c(C)cc(Br)c(F)c13)CCC2. The molecule has 1 aliphatic rings. The number of hydrogen-bond donors (Lipinski definition) is 1. The van der Waals surface area contributed by atoms with E-state index in [-0.39, 0.29) is 5.82 Å². The molecule has 0 bridgehead atoms. The topological polar surface area (TPSA) is 24.9 Å². The van der Waals surface area contributed by atoms with Crippen molar-refractivity contribution in [2.24, 2.45) is 0 Å². The fourth-order valence-corrected chi connectivity index (χ4v) is 3.43. The van der Waals surface area contributed by atoms with Crippen molar-refractivity contribution in [3.63, 3.8) is 0 Å². The normalized spacial score (nSPS) is 13.9. The number of benzene rings is 1. The summed E-state index contributed by atoms with van der Waals surface area (Å²) in [6.45, 7) is 4.81. The molecular weight excluding hydrogens is 307 g/mol. The fourth-order valence-electron chi connectivity index (χ4n) is 2.89. The molecule has 0 saturated heterocycles. The molecule has 0 unspecified atom stereocenters.